The summed E-state index contributed by atoms with van der Waals surface area (Å²) in [4.78, 5) is 32.2. The number of anilines is 3. The minimum absolute atomic E-state index is 0.111. The highest BCUT2D eigenvalue weighted by atomic mass is 79.9. The molecule has 4 N–H and O–H groups in total. The Kier molecular flexibility index (Phi) is 20.2. The number of benzene rings is 2. The number of nitrogen functional groups attached to an aromatic ring is 1. The molecule has 6 aromatic rings. The van der Waals surface area contributed by atoms with Gasteiger partial charge in [0.15, 0.2) is 0 Å². The molecule has 0 aliphatic heterocycles. The van der Waals surface area contributed by atoms with Crippen molar-refractivity contribution in [1.82, 2.24) is 39.9 Å². The molecule has 60 heavy (non-hydrogen) atoms. The molecule has 0 radical (unpaired) electrons. The van der Waals surface area contributed by atoms with Gasteiger partial charge in [-0.1, -0.05) is 37.1 Å². The second kappa shape index (κ2) is 24.0. The SMILES string of the molecule is CCCCO.COc1nccnc1-c1ccc(N)c(P(C)(C)=O)c1.COc1nccnc1-c1ccc(Nc2nc(Cl)ncc2Br)c(P(C)(C)=O)c1.Clc1ncc(Br)c(Cl)n1. The van der Waals surface area contributed by atoms with E-state index >= 15 is 0 Å². The number of halogens is 5. The van der Waals surface area contributed by atoms with E-state index in [0.717, 1.165) is 24.0 Å². The molecule has 4 aromatic heterocycles. The van der Waals surface area contributed by atoms with Crippen molar-refractivity contribution in [2.24, 2.45) is 0 Å². The Morgan fingerprint density at radius 1 is 0.717 bits per heavy atom. The molecule has 0 saturated carbocycles. The number of aliphatic hydroxyl groups excluding tert-OH is 1. The lowest BCUT2D eigenvalue weighted by Crippen LogP contribution is -2.11. The van der Waals surface area contributed by atoms with Gasteiger partial charge in [0.2, 0.25) is 22.3 Å². The maximum absolute atomic E-state index is 12.9. The van der Waals surface area contributed by atoms with Crippen LogP contribution in [0.15, 0.2) is 82.5 Å². The zero-order valence-corrected chi connectivity index (χ0v) is 40.8. The van der Waals surface area contributed by atoms with E-state index in [-0.39, 0.29) is 10.6 Å². The molecule has 0 fully saturated rings. The lowest BCUT2D eigenvalue weighted by atomic mass is 10.1. The van der Waals surface area contributed by atoms with Crippen molar-refractivity contribution in [3.05, 3.63) is 98.2 Å². The fourth-order valence-corrected chi connectivity index (χ4v) is 8.01. The van der Waals surface area contributed by atoms with E-state index in [0.29, 0.717) is 71.7 Å². The van der Waals surface area contributed by atoms with E-state index in [1.165, 1.54) is 20.4 Å². The summed E-state index contributed by atoms with van der Waals surface area (Å²) in [5, 5.41) is 13.1. The molecular weight excluding hydrogens is 1000 g/mol. The summed E-state index contributed by atoms with van der Waals surface area (Å²) in [5.74, 6) is 1.31. The summed E-state index contributed by atoms with van der Waals surface area (Å²) in [5.41, 5.74) is 9.80. The van der Waals surface area contributed by atoms with Crippen LogP contribution in [-0.2, 0) is 9.13 Å². The van der Waals surface area contributed by atoms with Crippen LogP contribution in [-0.4, -0.2) is 92.5 Å². The summed E-state index contributed by atoms with van der Waals surface area (Å²) < 4.78 is 36.9. The number of hydrogen-bond acceptors (Lipinski definition) is 15. The number of rotatable bonds is 10. The van der Waals surface area contributed by atoms with Crippen molar-refractivity contribution in [3.63, 3.8) is 0 Å². The molecule has 2 aromatic carbocycles. The van der Waals surface area contributed by atoms with Crippen molar-refractivity contribution in [2.75, 3.05) is 58.5 Å². The molecule has 22 heteroatoms. The minimum atomic E-state index is -2.63. The van der Waals surface area contributed by atoms with Gasteiger partial charge in [0, 0.05) is 71.2 Å². The fourth-order valence-electron chi connectivity index (χ4n) is 4.78. The second-order valence-electron chi connectivity index (χ2n) is 12.9. The molecule has 0 spiro atoms. The third-order valence-corrected chi connectivity index (χ3v) is 12.7. The number of methoxy groups -OCH3 is 2. The number of aliphatic hydroxyl groups is 1. The van der Waals surface area contributed by atoms with E-state index < -0.39 is 14.3 Å². The molecule has 4 heterocycles. The van der Waals surface area contributed by atoms with Crippen LogP contribution in [0, 0.1) is 0 Å². The normalized spacial score (nSPS) is 10.8. The summed E-state index contributed by atoms with van der Waals surface area (Å²) in [6.45, 7) is 9.18. The number of unbranched alkanes of at least 4 members (excludes halogenated alkanes) is 1. The van der Waals surface area contributed by atoms with Gasteiger partial charge in [-0.3, -0.25) is 0 Å². The zero-order valence-electron chi connectivity index (χ0n) is 33.6. The number of hydrogen-bond donors (Lipinski definition) is 3. The highest BCUT2D eigenvalue weighted by Gasteiger charge is 2.21. The van der Waals surface area contributed by atoms with Crippen molar-refractivity contribution < 1.29 is 23.7 Å². The van der Waals surface area contributed by atoms with Crippen LogP contribution in [0.2, 0.25) is 15.7 Å². The van der Waals surface area contributed by atoms with Gasteiger partial charge in [0.05, 0.1) is 28.9 Å². The smallest absolute Gasteiger partial charge is 0.240 e. The van der Waals surface area contributed by atoms with Gasteiger partial charge in [-0.25, -0.2) is 34.9 Å². The monoisotopic (exact) mass is 1040 g/mol. The Morgan fingerprint density at radius 2 is 1.20 bits per heavy atom. The van der Waals surface area contributed by atoms with Crippen molar-refractivity contribution >= 4 is 109 Å². The van der Waals surface area contributed by atoms with E-state index in [1.54, 1.807) is 69.8 Å². The van der Waals surface area contributed by atoms with Crippen LogP contribution < -0.4 is 31.1 Å². The van der Waals surface area contributed by atoms with Crippen LogP contribution >= 0.6 is 80.9 Å². The fraction of sp³-hybridized carbons (Fsp3) is 0.263. The summed E-state index contributed by atoms with van der Waals surface area (Å²) >= 11 is 23.3. The average Bonchev–Trinajstić information content (AvgIpc) is 3.21. The minimum Gasteiger partial charge on any atom is -0.479 e. The molecule has 0 atom stereocenters. The molecule has 320 valence electrons. The van der Waals surface area contributed by atoms with Crippen molar-refractivity contribution in [3.8, 4) is 34.3 Å². The number of nitrogens with one attached hydrogen (secondary N) is 1. The van der Waals surface area contributed by atoms with Crippen LogP contribution in [0.25, 0.3) is 22.5 Å². The summed E-state index contributed by atoms with van der Waals surface area (Å²) in [7, 11) is -2.00. The van der Waals surface area contributed by atoms with Crippen LogP contribution in [0.4, 0.5) is 17.2 Å². The van der Waals surface area contributed by atoms with Gasteiger partial charge in [-0.15, -0.1) is 0 Å². The molecule has 15 nitrogen and oxygen atoms in total. The zero-order chi connectivity index (χ0) is 44.6. The lowest BCUT2D eigenvalue weighted by Gasteiger charge is -2.17. The predicted molar refractivity (Wildman–Crippen MR) is 250 cm³/mol. The molecule has 6 rings (SSSR count). The summed E-state index contributed by atoms with van der Waals surface area (Å²) in [6.07, 6.45) is 11.4. The quantitative estimate of drug-likeness (QED) is 0.0504. The van der Waals surface area contributed by atoms with Crippen LogP contribution in [0.1, 0.15) is 19.8 Å². The Bertz CT molecular complexity index is 2460. The Labute approximate surface area is 380 Å². The van der Waals surface area contributed by atoms with Crippen LogP contribution in [0.5, 0.6) is 11.8 Å². The standard InChI is InChI=1S/C17H16BrClN5O2P.C13H16N3O2P.C4HBrCl2N2.C4H10O/c1-26-16-14(20-6-7-21-16)10-4-5-12(13(8-10)27(2,3)25)23-15-11(18)9-22-17(19)24-15;1-18-13-12(15-6-7-16-13)9-4-5-10(14)11(8-9)19(2,3)17;5-2-1-8-4(7)9-3(2)6;1-2-3-4-5/h4-9H,1-3H3,(H,22,23,24);4-8H,14H2,1-3H3;1H;5H,2-4H2,1H3. The van der Waals surface area contributed by atoms with Gasteiger partial charge in [0.25, 0.3) is 0 Å². The number of nitrogens with two attached hydrogens (primary N) is 1. The molecule has 0 aliphatic rings. The molecule has 0 amide bonds. The lowest BCUT2D eigenvalue weighted by molar-refractivity contribution is 0.287. The molecule has 0 bridgehead atoms. The van der Waals surface area contributed by atoms with E-state index in [1.807, 2.05) is 24.3 Å². The number of ether oxygens (including phenoxy) is 2. The number of nitrogens with zero attached hydrogens (tertiary/aromatic N) is 8. The molecule has 0 aliphatic carbocycles. The molecular formula is C38H43Br2Cl3N10O5P2. The van der Waals surface area contributed by atoms with Gasteiger partial charge in [-0.2, -0.15) is 4.98 Å². The van der Waals surface area contributed by atoms with E-state index in [2.05, 4.69) is 84.0 Å². The Hall–Kier alpha value is -3.79. The first-order valence-electron chi connectivity index (χ1n) is 17.6. The third kappa shape index (κ3) is 15.3. The second-order valence-corrected chi connectivity index (χ2v) is 22.0. The predicted octanol–water partition coefficient (Wildman–Crippen LogP) is 9.66. The van der Waals surface area contributed by atoms with Crippen molar-refractivity contribution in [1.29, 1.82) is 0 Å². The molecule has 0 saturated heterocycles. The first-order chi connectivity index (χ1) is 28.3. The number of aromatic nitrogens is 8. The molecule has 0 unspecified atom stereocenters. The van der Waals surface area contributed by atoms with Gasteiger partial charge >= 0.3 is 0 Å². The van der Waals surface area contributed by atoms with Gasteiger partial charge < -0.3 is 34.8 Å². The first kappa shape index (κ1) is 50.6. The van der Waals surface area contributed by atoms with Gasteiger partial charge in [-0.05, 0) is 112 Å². The van der Waals surface area contributed by atoms with Gasteiger partial charge in [0.1, 0.15) is 36.6 Å². The topological polar surface area (TPSA) is 214 Å². The summed E-state index contributed by atoms with van der Waals surface area (Å²) in [6, 6.07) is 10.8. The maximum Gasteiger partial charge on any atom is 0.240 e. The van der Waals surface area contributed by atoms with Crippen LogP contribution in [0.3, 0.4) is 0 Å². The Morgan fingerprint density at radius 3 is 1.65 bits per heavy atom. The third-order valence-electron chi connectivity index (χ3n) is 7.60. The largest absolute Gasteiger partial charge is 0.479 e. The highest BCUT2D eigenvalue weighted by Crippen LogP contribution is 2.41. The average molecular weight is 1050 g/mol. The van der Waals surface area contributed by atoms with E-state index in [9.17, 15) is 9.13 Å². The Balaban J connectivity index is 0.000000250. The first-order valence-corrected chi connectivity index (χ1v) is 25.5. The van der Waals surface area contributed by atoms with E-state index in [4.69, 9.17) is 55.1 Å². The highest BCUT2D eigenvalue weighted by molar-refractivity contribution is 9.11. The maximum atomic E-state index is 12.9. The van der Waals surface area contributed by atoms with Crippen molar-refractivity contribution in [2.45, 2.75) is 19.8 Å².